The van der Waals surface area contributed by atoms with E-state index in [2.05, 4.69) is 15.9 Å². The Morgan fingerprint density at radius 2 is 1.75 bits per heavy atom. The summed E-state index contributed by atoms with van der Waals surface area (Å²) in [6.07, 6.45) is -3.02. The van der Waals surface area contributed by atoms with E-state index in [9.17, 15) is 18.3 Å². The smallest absolute Gasteiger partial charge is 0.399 e. The van der Waals surface area contributed by atoms with Crippen LogP contribution in [0.15, 0.2) is 34.9 Å². The molecule has 6 nitrogen and oxygen atoms in total. The van der Waals surface area contributed by atoms with Crippen molar-refractivity contribution in [2.24, 2.45) is 5.41 Å². The Morgan fingerprint density at radius 1 is 1.12 bits per heavy atom. The number of nitrogens with zero attached hydrogens (tertiary/aromatic N) is 2. The number of halogens is 4. The van der Waals surface area contributed by atoms with Gasteiger partial charge in [-0.3, -0.25) is 4.98 Å². The molecule has 0 amide bonds. The average Bonchev–Trinajstić information content (AvgIpc) is 3.24. The van der Waals surface area contributed by atoms with Gasteiger partial charge in [0.15, 0.2) is 0 Å². The van der Waals surface area contributed by atoms with Gasteiger partial charge in [0.2, 0.25) is 0 Å². The number of alkyl halides is 3. The molecule has 0 bridgehead atoms. The van der Waals surface area contributed by atoms with Crippen LogP contribution in [0.1, 0.15) is 65.8 Å². The van der Waals surface area contributed by atoms with Crippen LogP contribution in [0.3, 0.4) is 0 Å². The monoisotopic (exact) mass is 624 g/mol. The topological polar surface area (TPSA) is 65.7 Å². The van der Waals surface area contributed by atoms with Crippen molar-refractivity contribution in [2.75, 3.05) is 13.7 Å². The van der Waals surface area contributed by atoms with Crippen molar-refractivity contribution < 1.29 is 32.3 Å². The summed E-state index contributed by atoms with van der Waals surface area (Å²) < 4.78 is 62.6. The summed E-state index contributed by atoms with van der Waals surface area (Å²) in [5.41, 5.74) is 1.30. The van der Waals surface area contributed by atoms with Gasteiger partial charge in [-0.15, -0.1) is 0 Å². The predicted octanol–water partition coefficient (Wildman–Crippen LogP) is 6.60. The number of ether oxygens (including phenoxy) is 1. The van der Waals surface area contributed by atoms with Crippen LogP contribution in [-0.2, 0) is 27.0 Å². The molecule has 1 aliphatic rings. The second-order valence-electron chi connectivity index (χ2n) is 12.4. The van der Waals surface area contributed by atoms with E-state index >= 15 is 0 Å². The van der Waals surface area contributed by atoms with E-state index in [1.807, 2.05) is 60.6 Å². The fraction of sp³-hybridized carbons (Fsp3) is 0.552. The van der Waals surface area contributed by atoms with Crippen molar-refractivity contribution in [1.29, 1.82) is 0 Å². The summed E-state index contributed by atoms with van der Waals surface area (Å²) in [4.78, 5) is 4.71. The van der Waals surface area contributed by atoms with E-state index < -0.39 is 42.6 Å². The van der Waals surface area contributed by atoms with Crippen LogP contribution in [0.25, 0.3) is 22.2 Å². The van der Waals surface area contributed by atoms with Gasteiger partial charge in [0.05, 0.1) is 28.7 Å². The van der Waals surface area contributed by atoms with Crippen LogP contribution in [0.5, 0.6) is 0 Å². The van der Waals surface area contributed by atoms with Gasteiger partial charge in [-0.2, -0.15) is 13.2 Å². The molecule has 1 fully saturated rings. The minimum absolute atomic E-state index is 0.139. The van der Waals surface area contributed by atoms with Gasteiger partial charge in [0.1, 0.15) is 6.54 Å². The molecule has 0 saturated carbocycles. The maximum atomic E-state index is 14.1. The first-order valence-corrected chi connectivity index (χ1v) is 14.1. The molecule has 0 spiro atoms. The number of fused-ring (bicyclic) bond motifs is 1. The van der Waals surface area contributed by atoms with Crippen LogP contribution >= 0.6 is 15.9 Å². The zero-order valence-electron chi connectivity index (χ0n) is 24.2. The average molecular weight is 625 g/mol. The van der Waals surface area contributed by atoms with Crippen LogP contribution in [0, 0.1) is 5.41 Å². The third-order valence-corrected chi connectivity index (χ3v) is 8.50. The molecular formula is C29H37BBrF3N2O4. The number of methoxy groups -OCH3 is 1. The van der Waals surface area contributed by atoms with E-state index in [0.29, 0.717) is 45.3 Å². The number of benzene rings is 1. The van der Waals surface area contributed by atoms with E-state index in [1.165, 1.54) is 11.7 Å². The number of hydrogen-bond donors (Lipinski definition) is 1. The first kappa shape index (κ1) is 31.0. The van der Waals surface area contributed by atoms with Crippen molar-refractivity contribution >= 4 is 39.4 Å². The zero-order valence-corrected chi connectivity index (χ0v) is 25.8. The summed E-state index contributed by atoms with van der Waals surface area (Å²) in [5, 5.41) is 10.8. The standard InChI is InChI=1S/C29H37BBrF3N2O4/c1-17(38-8)24-21(11-18(14-35-24)30-39-27(4,5)28(6,7)40-30)25-22(13-26(2,3)16-37)20-12-19(31)9-10-23(20)36(25)15-29(32,33)34/h9-12,14,17,37H,13,15-16H2,1-8H3/t17-/m0/s1. The molecule has 1 saturated heterocycles. The summed E-state index contributed by atoms with van der Waals surface area (Å²) in [7, 11) is 0.784. The number of rotatable bonds is 8. The fourth-order valence-electron chi connectivity index (χ4n) is 4.99. The predicted molar refractivity (Wildman–Crippen MR) is 155 cm³/mol. The van der Waals surface area contributed by atoms with Crippen molar-refractivity contribution in [3.8, 4) is 11.3 Å². The Morgan fingerprint density at radius 3 is 2.30 bits per heavy atom. The van der Waals surface area contributed by atoms with Crippen LogP contribution in [-0.4, -0.2) is 52.9 Å². The van der Waals surface area contributed by atoms with Crippen molar-refractivity contribution in [3.63, 3.8) is 0 Å². The molecule has 0 aliphatic carbocycles. The Bertz CT molecular complexity index is 1390. The zero-order chi connectivity index (χ0) is 29.8. The molecule has 2 aromatic heterocycles. The Hall–Kier alpha value is -1.92. The molecule has 3 heterocycles. The van der Waals surface area contributed by atoms with Gasteiger partial charge in [-0.1, -0.05) is 29.8 Å². The second-order valence-corrected chi connectivity index (χ2v) is 13.3. The maximum Gasteiger partial charge on any atom is 0.496 e. The Balaban J connectivity index is 2.07. The van der Waals surface area contributed by atoms with Crippen molar-refractivity contribution in [2.45, 2.75) is 84.9 Å². The lowest BCUT2D eigenvalue weighted by Gasteiger charge is -2.32. The number of aliphatic hydroxyl groups is 1. The van der Waals surface area contributed by atoms with E-state index in [-0.39, 0.29) is 6.61 Å². The van der Waals surface area contributed by atoms with E-state index in [4.69, 9.17) is 19.0 Å². The molecule has 3 aromatic rings. The van der Waals surface area contributed by atoms with E-state index in [1.54, 1.807) is 18.3 Å². The van der Waals surface area contributed by atoms with E-state index in [0.717, 1.165) is 4.47 Å². The molecule has 0 unspecified atom stereocenters. The summed E-state index contributed by atoms with van der Waals surface area (Å²) in [6, 6.07) is 7.07. The third kappa shape index (κ3) is 5.99. The van der Waals surface area contributed by atoms with Crippen molar-refractivity contribution in [3.05, 3.63) is 46.2 Å². The lowest BCUT2D eigenvalue weighted by Crippen LogP contribution is -2.41. The highest BCUT2D eigenvalue weighted by Crippen LogP contribution is 2.43. The number of aromatic nitrogens is 2. The fourth-order valence-corrected chi connectivity index (χ4v) is 5.35. The molecular weight excluding hydrogens is 588 g/mol. The quantitative estimate of drug-likeness (QED) is 0.286. The van der Waals surface area contributed by atoms with Gasteiger partial charge in [-0.25, -0.2) is 0 Å². The molecule has 1 atom stereocenters. The normalized spacial score (nSPS) is 18.1. The molecule has 1 aliphatic heterocycles. The highest BCUT2D eigenvalue weighted by Gasteiger charge is 2.52. The first-order valence-electron chi connectivity index (χ1n) is 13.3. The van der Waals surface area contributed by atoms with Gasteiger partial charge >= 0.3 is 13.3 Å². The van der Waals surface area contributed by atoms with Gasteiger partial charge in [0, 0.05) is 46.3 Å². The molecule has 0 radical (unpaired) electrons. The summed E-state index contributed by atoms with van der Waals surface area (Å²) >= 11 is 3.49. The second kappa shape index (κ2) is 10.7. The largest absolute Gasteiger partial charge is 0.496 e. The van der Waals surface area contributed by atoms with Crippen LogP contribution < -0.4 is 5.46 Å². The molecule has 4 rings (SSSR count). The lowest BCUT2D eigenvalue weighted by molar-refractivity contribution is -0.139. The third-order valence-electron chi connectivity index (χ3n) is 8.01. The van der Waals surface area contributed by atoms with Gasteiger partial charge in [0.25, 0.3) is 0 Å². The van der Waals surface area contributed by atoms with Crippen molar-refractivity contribution in [1.82, 2.24) is 9.55 Å². The van der Waals surface area contributed by atoms with Crippen LogP contribution in [0.2, 0.25) is 0 Å². The molecule has 11 heteroatoms. The van der Waals surface area contributed by atoms with Crippen LogP contribution in [0.4, 0.5) is 13.2 Å². The first-order chi connectivity index (χ1) is 18.4. The summed E-state index contributed by atoms with van der Waals surface area (Å²) in [5.74, 6) is 0. The SMILES string of the molecule is CO[C@@H](C)c1ncc(B2OC(C)(C)C(C)(C)O2)cc1-c1c(CC(C)(C)CO)c2cc(Br)ccc2n1CC(F)(F)F. The Labute approximate surface area is 242 Å². The molecule has 1 N–H and O–H groups in total. The highest BCUT2D eigenvalue weighted by atomic mass is 79.9. The summed E-state index contributed by atoms with van der Waals surface area (Å²) in [6.45, 7) is 12.0. The minimum Gasteiger partial charge on any atom is -0.399 e. The molecule has 40 heavy (non-hydrogen) atoms. The molecule has 1 aromatic carbocycles. The van der Waals surface area contributed by atoms with Gasteiger partial charge < -0.3 is 23.7 Å². The lowest BCUT2D eigenvalue weighted by atomic mass is 9.78. The number of hydrogen-bond acceptors (Lipinski definition) is 5. The Kier molecular flexibility index (Phi) is 8.32. The number of aliphatic hydroxyl groups excluding tert-OH is 1. The minimum atomic E-state index is -4.48. The van der Waals surface area contributed by atoms with Gasteiger partial charge in [-0.05, 0) is 76.3 Å². The molecule has 218 valence electrons. The number of pyridine rings is 1. The highest BCUT2D eigenvalue weighted by molar-refractivity contribution is 9.10. The maximum absolute atomic E-state index is 14.1.